The maximum atomic E-state index is 5.23. The van der Waals surface area contributed by atoms with Crippen molar-refractivity contribution >= 4 is 27.8 Å². The molecule has 0 amide bonds. The molecule has 0 unspecified atom stereocenters. The van der Waals surface area contributed by atoms with Gasteiger partial charge in [-0.1, -0.05) is 0 Å². The van der Waals surface area contributed by atoms with E-state index in [2.05, 4.69) is 25.6 Å². The van der Waals surface area contributed by atoms with E-state index in [4.69, 9.17) is 4.74 Å². The van der Waals surface area contributed by atoms with Crippen molar-refractivity contribution in [3.05, 3.63) is 16.1 Å². The molecule has 0 saturated carbocycles. The van der Waals surface area contributed by atoms with Crippen LogP contribution in [0.25, 0.3) is 10.6 Å². The molecule has 2 aromatic rings. The summed E-state index contributed by atoms with van der Waals surface area (Å²) in [7, 11) is 7.65. The molecule has 0 bridgehead atoms. The van der Waals surface area contributed by atoms with Gasteiger partial charge < -0.3 is 15.0 Å². The van der Waals surface area contributed by atoms with Crippen LogP contribution in [0, 0.1) is 0 Å². The molecule has 0 aliphatic rings. The Bertz CT molecular complexity index is 536. The quantitative estimate of drug-likeness (QED) is 0.888. The number of nitrogens with zero attached hydrogens (tertiary/aromatic N) is 3. The minimum absolute atomic E-state index is 0.520. The van der Waals surface area contributed by atoms with Gasteiger partial charge in [0.05, 0.1) is 22.9 Å². The third-order valence-corrected chi connectivity index (χ3v) is 4.39. The van der Waals surface area contributed by atoms with Crippen molar-refractivity contribution < 1.29 is 4.74 Å². The summed E-state index contributed by atoms with van der Waals surface area (Å²) >= 11 is 3.29. The zero-order chi connectivity index (χ0) is 13.8. The molecular formula is C12H18N4OS2. The molecule has 2 rings (SSSR count). The number of hydrogen-bond donors (Lipinski definition) is 1. The molecule has 2 heterocycles. The first-order chi connectivity index (χ1) is 9.13. The number of thiazole rings is 2. The van der Waals surface area contributed by atoms with Crippen molar-refractivity contribution in [1.82, 2.24) is 14.9 Å². The highest BCUT2D eigenvalue weighted by Gasteiger charge is 2.16. The fourth-order valence-electron chi connectivity index (χ4n) is 1.67. The maximum absolute atomic E-state index is 5.23. The summed E-state index contributed by atoms with van der Waals surface area (Å²) in [5.41, 5.74) is 1.95. The lowest BCUT2D eigenvalue weighted by molar-refractivity contribution is 0.182. The van der Waals surface area contributed by atoms with Crippen LogP contribution < -0.4 is 5.32 Å². The van der Waals surface area contributed by atoms with E-state index < -0.39 is 0 Å². The third-order valence-electron chi connectivity index (χ3n) is 2.42. The van der Waals surface area contributed by atoms with Crippen molar-refractivity contribution in [2.75, 3.05) is 33.6 Å². The molecule has 5 nitrogen and oxygen atoms in total. The van der Waals surface area contributed by atoms with E-state index in [0.29, 0.717) is 6.61 Å². The van der Waals surface area contributed by atoms with Crippen LogP contribution in [0.3, 0.4) is 0 Å². The Balaban J connectivity index is 2.33. The Kier molecular flexibility index (Phi) is 4.87. The molecule has 0 saturated heterocycles. The van der Waals surface area contributed by atoms with E-state index >= 15 is 0 Å². The van der Waals surface area contributed by atoms with Gasteiger partial charge in [0.1, 0.15) is 5.01 Å². The number of rotatable bonds is 6. The van der Waals surface area contributed by atoms with Gasteiger partial charge in [0.15, 0.2) is 5.13 Å². The van der Waals surface area contributed by atoms with Gasteiger partial charge in [0.2, 0.25) is 0 Å². The SMILES string of the molecule is CNc1nc(-c2sc(CN(C)C)nc2COC)cs1. The average molecular weight is 298 g/mol. The highest BCUT2D eigenvalue weighted by atomic mass is 32.1. The van der Waals surface area contributed by atoms with Crippen molar-refractivity contribution in [2.45, 2.75) is 13.2 Å². The number of aromatic nitrogens is 2. The maximum Gasteiger partial charge on any atom is 0.182 e. The Labute approximate surface area is 121 Å². The molecular weight excluding hydrogens is 280 g/mol. The van der Waals surface area contributed by atoms with Crippen LogP contribution in [-0.2, 0) is 17.9 Å². The van der Waals surface area contributed by atoms with Crippen molar-refractivity contribution in [3.63, 3.8) is 0 Å². The van der Waals surface area contributed by atoms with Crippen LogP contribution in [0.2, 0.25) is 0 Å². The lowest BCUT2D eigenvalue weighted by atomic mass is 10.3. The second kappa shape index (κ2) is 6.42. The van der Waals surface area contributed by atoms with Crippen LogP contribution in [0.1, 0.15) is 10.7 Å². The molecule has 7 heteroatoms. The van der Waals surface area contributed by atoms with Crippen LogP contribution in [0.5, 0.6) is 0 Å². The fraction of sp³-hybridized carbons (Fsp3) is 0.500. The van der Waals surface area contributed by atoms with E-state index in [1.54, 1.807) is 29.8 Å². The van der Waals surface area contributed by atoms with Crippen LogP contribution in [-0.4, -0.2) is 43.1 Å². The smallest absolute Gasteiger partial charge is 0.182 e. The van der Waals surface area contributed by atoms with Gasteiger partial charge in [-0.25, -0.2) is 9.97 Å². The van der Waals surface area contributed by atoms with Crippen LogP contribution in [0.4, 0.5) is 5.13 Å². The Morgan fingerprint density at radius 3 is 2.74 bits per heavy atom. The number of anilines is 1. The molecule has 0 spiro atoms. The zero-order valence-electron chi connectivity index (χ0n) is 11.6. The van der Waals surface area contributed by atoms with Crippen molar-refractivity contribution in [1.29, 1.82) is 0 Å². The molecule has 0 aromatic carbocycles. The number of methoxy groups -OCH3 is 1. The normalized spacial score (nSPS) is 11.2. The molecule has 0 fully saturated rings. The van der Waals surface area contributed by atoms with Crippen molar-refractivity contribution in [3.8, 4) is 10.6 Å². The molecule has 0 radical (unpaired) electrons. The summed E-state index contributed by atoms with van der Waals surface area (Å²) in [5, 5.41) is 7.12. The first-order valence-corrected chi connectivity index (χ1v) is 7.59. The Morgan fingerprint density at radius 1 is 1.37 bits per heavy atom. The Morgan fingerprint density at radius 2 is 2.16 bits per heavy atom. The van der Waals surface area contributed by atoms with Crippen LogP contribution in [0.15, 0.2) is 5.38 Å². The molecule has 2 aromatic heterocycles. The summed E-state index contributed by atoms with van der Waals surface area (Å²) in [4.78, 5) is 12.4. The lowest BCUT2D eigenvalue weighted by Gasteiger charge is -2.04. The summed E-state index contributed by atoms with van der Waals surface area (Å²) in [6.07, 6.45) is 0. The minimum atomic E-state index is 0.520. The predicted molar refractivity (Wildman–Crippen MR) is 80.9 cm³/mol. The monoisotopic (exact) mass is 298 g/mol. The van der Waals surface area contributed by atoms with Crippen molar-refractivity contribution in [2.24, 2.45) is 0 Å². The molecule has 19 heavy (non-hydrogen) atoms. The van der Waals surface area contributed by atoms with Gasteiger partial charge in [0, 0.05) is 26.1 Å². The van der Waals surface area contributed by atoms with Gasteiger partial charge in [-0.05, 0) is 14.1 Å². The molecule has 0 aliphatic carbocycles. The highest BCUT2D eigenvalue weighted by Crippen LogP contribution is 2.33. The second-order valence-electron chi connectivity index (χ2n) is 4.34. The minimum Gasteiger partial charge on any atom is -0.378 e. The van der Waals surface area contributed by atoms with E-state index in [-0.39, 0.29) is 0 Å². The number of hydrogen-bond acceptors (Lipinski definition) is 7. The molecule has 0 aliphatic heterocycles. The highest BCUT2D eigenvalue weighted by molar-refractivity contribution is 7.16. The largest absolute Gasteiger partial charge is 0.378 e. The first kappa shape index (κ1) is 14.4. The summed E-state index contributed by atoms with van der Waals surface area (Å²) in [5.74, 6) is 0. The van der Waals surface area contributed by atoms with E-state index in [9.17, 15) is 0 Å². The lowest BCUT2D eigenvalue weighted by Crippen LogP contribution is -2.10. The number of ether oxygens (including phenoxy) is 1. The zero-order valence-corrected chi connectivity index (χ0v) is 13.2. The first-order valence-electron chi connectivity index (χ1n) is 5.90. The molecule has 1 N–H and O–H groups in total. The van der Waals surface area contributed by atoms with Gasteiger partial charge in [0.25, 0.3) is 0 Å². The number of nitrogens with one attached hydrogen (secondary N) is 1. The fourth-order valence-corrected chi connectivity index (χ4v) is 3.55. The van der Waals surface area contributed by atoms with Gasteiger partial charge >= 0.3 is 0 Å². The molecule has 0 atom stereocenters. The predicted octanol–water partition coefficient (Wildman–Crippen LogP) is 2.52. The van der Waals surface area contributed by atoms with E-state index in [1.165, 1.54) is 0 Å². The van der Waals surface area contributed by atoms with Gasteiger partial charge in [-0.2, -0.15) is 0 Å². The van der Waals surface area contributed by atoms with Gasteiger partial charge in [-0.3, -0.25) is 0 Å². The van der Waals surface area contributed by atoms with E-state index in [1.807, 2.05) is 21.1 Å². The second-order valence-corrected chi connectivity index (χ2v) is 6.28. The van der Waals surface area contributed by atoms with Crippen LogP contribution >= 0.6 is 22.7 Å². The standard InChI is InChI=1S/C12H18N4OS2/c1-13-12-15-9(7-18-12)11-8(6-17-4)14-10(19-11)5-16(2)3/h7H,5-6H2,1-4H3,(H,13,15). The Hall–Kier alpha value is -1.02. The summed E-state index contributed by atoms with van der Waals surface area (Å²) in [6.45, 7) is 1.36. The summed E-state index contributed by atoms with van der Waals surface area (Å²) in [6, 6.07) is 0. The molecule has 104 valence electrons. The third kappa shape index (κ3) is 3.50. The average Bonchev–Trinajstić information content (AvgIpc) is 2.95. The van der Waals surface area contributed by atoms with E-state index in [0.717, 1.165) is 32.9 Å². The topological polar surface area (TPSA) is 50.3 Å². The summed E-state index contributed by atoms with van der Waals surface area (Å²) < 4.78 is 5.23. The van der Waals surface area contributed by atoms with Gasteiger partial charge in [-0.15, -0.1) is 22.7 Å².